The fourth-order valence-electron chi connectivity index (χ4n) is 9.60. The summed E-state index contributed by atoms with van der Waals surface area (Å²) < 4.78 is 23.8. The SMILES string of the molecule is CCCCCCC/C=C\C/C=C\C/C=C\CCCCCCCCCCCCCCCCCCC(=O)NC(COP(=O)(O)OCC[N+](C)(C)C)C(O)/C=C/CC/C=C/CCCCCCCCCCCCCCCCCCC. The van der Waals surface area contributed by atoms with E-state index in [1.54, 1.807) is 6.08 Å². The van der Waals surface area contributed by atoms with E-state index in [0.29, 0.717) is 17.4 Å². The Kier molecular flexibility index (Phi) is 56.5. The number of quaternary nitrogens is 1. The first-order valence-electron chi connectivity index (χ1n) is 32.7. The number of unbranched alkanes of at least 4 members (excludes halogenated alkanes) is 39. The van der Waals surface area contributed by atoms with Crippen molar-refractivity contribution in [3.8, 4) is 0 Å². The van der Waals surface area contributed by atoms with Crippen LogP contribution in [0.3, 0.4) is 0 Å². The fraction of sp³-hybridized carbons (Fsp3) is 0.836. The Morgan fingerprint density at radius 1 is 0.447 bits per heavy atom. The molecule has 8 nitrogen and oxygen atoms in total. The molecule has 76 heavy (non-hydrogen) atoms. The summed E-state index contributed by atoms with van der Waals surface area (Å²) >= 11 is 0. The number of nitrogens with zero attached hydrogens (tertiary/aromatic N) is 1. The molecule has 0 fully saturated rings. The van der Waals surface area contributed by atoms with Gasteiger partial charge in [-0.2, -0.15) is 0 Å². The summed E-state index contributed by atoms with van der Waals surface area (Å²) in [5, 5.41) is 14.0. The molecule has 3 unspecified atom stereocenters. The Hall–Kier alpha value is -1.80. The number of amides is 1. The molecule has 0 aliphatic carbocycles. The number of aliphatic hydroxyl groups excluding tert-OH is 1. The standard InChI is InChI=1S/C67H127N2O6P/c1-6-8-10-12-14-16-18-20-22-24-26-28-30-31-32-33-34-35-36-37-39-41-43-45-47-49-51-53-55-57-59-61-67(71)68-65(64-75-76(72,73)74-63-62-69(3,4)5)66(70)60-58-56-54-52-50-48-46-44-42-40-38-29-27-25-23-21-19-17-15-13-11-9-7-2/h18,20,24,26,30-31,50,52,58,60,65-66,70H,6-17,19,21-23,25,27-29,32-49,51,53-57,59,61-64H2,1-5H3,(H-,68,71,72,73)/p+1/b20-18-,26-24-,31-30-,52-50+,60-58+. The lowest BCUT2D eigenvalue weighted by molar-refractivity contribution is -0.870. The van der Waals surface area contributed by atoms with Gasteiger partial charge in [0, 0.05) is 6.42 Å². The minimum Gasteiger partial charge on any atom is -0.387 e. The summed E-state index contributed by atoms with van der Waals surface area (Å²) in [7, 11) is 1.56. The van der Waals surface area contributed by atoms with Gasteiger partial charge in [0.15, 0.2) is 0 Å². The number of hydrogen-bond acceptors (Lipinski definition) is 5. The number of rotatable bonds is 60. The lowest BCUT2D eigenvalue weighted by Gasteiger charge is -2.25. The highest BCUT2D eigenvalue weighted by molar-refractivity contribution is 7.47. The quantitative estimate of drug-likeness (QED) is 0.0243. The van der Waals surface area contributed by atoms with Gasteiger partial charge >= 0.3 is 7.82 Å². The van der Waals surface area contributed by atoms with Crippen molar-refractivity contribution in [3.63, 3.8) is 0 Å². The summed E-state index contributed by atoms with van der Waals surface area (Å²) in [6.45, 7) is 4.82. The number of carbonyl (C=O) groups is 1. The second-order valence-corrected chi connectivity index (χ2v) is 24.9. The molecule has 0 spiro atoms. The predicted octanol–water partition coefficient (Wildman–Crippen LogP) is 20.4. The number of phosphoric ester groups is 1. The first-order chi connectivity index (χ1) is 37.0. The number of nitrogens with one attached hydrogen (secondary N) is 1. The molecule has 0 aliphatic rings. The van der Waals surface area contributed by atoms with Gasteiger partial charge in [0.2, 0.25) is 5.91 Å². The Bertz CT molecular complexity index is 1420. The van der Waals surface area contributed by atoms with Gasteiger partial charge < -0.3 is 19.8 Å². The van der Waals surface area contributed by atoms with Crippen LogP contribution in [0.1, 0.15) is 309 Å². The Balaban J connectivity index is 4.13. The second-order valence-electron chi connectivity index (χ2n) is 23.5. The van der Waals surface area contributed by atoms with Crippen molar-refractivity contribution in [2.45, 2.75) is 321 Å². The third-order valence-corrected chi connectivity index (χ3v) is 15.7. The zero-order valence-electron chi connectivity index (χ0n) is 51.0. The van der Waals surface area contributed by atoms with E-state index >= 15 is 0 Å². The molecule has 0 rings (SSSR count). The van der Waals surface area contributed by atoms with E-state index in [2.05, 4.69) is 67.8 Å². The van der Waals surface area contributed by atoms with Crippen LogP contribution in [0.15, 0.2) is 60.8 Å². The average molecular weight is 1090 g/mol. The van der Waals surface area contributed by atoms with Gasteiger partial charge in [0.05, 0.1) is 39.9 Å². The van der Waals surface area contributed by atoms with Crippen molar-refractivity contribution in [1.82, 2.24) is 5.32 Å². The largest absolute Gasteiger partial charge is 0.472 e. The highest BCUT2D eigenvalue weighted by Gasteiger charge is 2.27. The summed E-state index contributed by atoms with van der Waals surface area (Å²) in [6, 6.07) is -0.866. The van der Waals surface area contributed by atoms with E-state index in [0.717, 1.165) is 51.4 Å². The molecule has 446 valence electrons. The number of aliphatic hydroxyl groups is 1. The van der Waals surface area contributed by atoms with Crippen molar-refractivity contribution in [2.24, 2.45) is 0 Å². The van der Waals surface area contributed by atoms with Crippen LogP contribution in [0.5, 0.6) is 0 Å². The molecule has 3 N–H and O–H groups in total. The average Bonchev–Trinajstić information content (AvgIpc) is 3.38. The van der Waals surface area contributed by atoms with Crippen molar-refractivity contribution in [1.29, 1.82) is 0 Å². The van der Waals surface area contributed by atoms with Crippen molar-refractivity contribution in [3.05, 3.63) is 60.8 Å². The molecule has 0 heterocycles. The van der Waals surface area contributed by atoms with Crippen molar-refractivity contribution in [2.75, 3.05) is 40.9 Å². The maximum Gasteiger partial charge on any atom is 0.472 e. The van der Waals surface area contributed by atoms with Crippen LogP contribution in [-0.4, -0.2) is 73.4 Å². The molecule has 3 atom stereocenters. The predicted molar refractivity (Wildman–Crippen MR) is 332 cm³/mol. The maximum atomic E-state index is 13.0. The van der Waals surface area contributed by atoms with E-state index in [4.69, 9.17) is 9.05 Å². The summed E-state index contributed by atoms with van der Waals surface area (Å²) in [6.07, 6.45) is 79.2. The normalized spacial score (nSPS) is 14.1. The Morgan fingerprint density at radius 2 is 0.763 bits per heavy atom. The molecule has 9 heteroatoms. The van der Waals surface area contributed by atoms with E-state index < -0.39 is 20.0 Å². The zero-order chi connectivity index (χ0) is 55.6. The van der Waals surface area contributed by atoms with Gasteiger partial charge in [-0.1, -0.05) is 293 Å². The molecule has 0 aliphatic heterocycles. The maximum absolute atomic E-state index is 13.0. The lowest BCUT2D eigenvalue weighted by atomic mass is 10.0. The molecule has 0 aromatic rings. The number of allylic oxidation sites excluding steroid dienone is 9. The molecule has 0 aromatic heterocycles. The minimum atomic E-state index is -4.36. The van der Waals surface area contributed by atoms with Crippen LogP contribution in [0.4, 0.5) is 0 Å². The summed E-state index contributed by atoms with van der Waals surface area (Å²) in [5.41, 5.74) is 0. The third kappa shape index (κ3) is 59.9. The molecule has 0 saturated heterocycles. The first-order valence-corrected chi connectivity index (χ1v) is 34.2. The van der Waals surface area contributed by atoms with Crippen LogP contribution in [0, 0.1) is 0 Å². The number of carbonyl (C=O) groups excluding carboxylic acids is 1. The number of phosphoric acid groups is 1. The van der Waals surface area contributed by atoms with Crippen LogP contribution in [0.25, 0.3) is 0 Å². The van der Waals surface area contributed by atoms with Gasteiger partial charge in [0.1, 0.15) is 13.2 Å². The molecule has 0 saturated carbocycles. The molecule has 0 bridgehead atoms. The highest BCUT2D eigenvalue weighted by atomic mass is 31.2. The van der Waals surface area contributed by atoms with Crippen molar-refractivity contribution >= 4 is 13.7 Å². The topological polar surface area (TPSA) is 105 Å². The van der Waals surface area contributed by atoms with Crippen LogP contribution >= 0.6 is 7.82 Å². The fourth-order valence-corrected chi connectivity index (χ4v) is 10.3. The minimum absolute atomic E-state index is 0.0557. The van der Waals surface area contributed by atoms with E-state index in [9.17, 15) is 19.4 Å². The lowest BCUT2D eigenvalue weighted by Crippen LogP contribution is -2.45. The van der Waals surface area contributed by atoms with E-state index in [1.165, 1.54) is 238 Å². The summed E-state index contributed by atoms with van der Waals surface area (Å²) in [4.78, 5) is 23.4. The van der Waals surface area contributed by atoms with Gasteiger partial charge in [-0.15, -0.1) is 0 Å². The van der Waals surface area contributed by atoms with E-state index in [-0.39, 0.29) is 19.1 Å². The molecule has 1 amide bonds. The molecular formula is C67H128N2O6P+. The Labute approximate surface area is 472 Å². The number of hydrogen-bond donors (Lipinski definition) is 3. The van der Waals surface area contributed by atoms with Crippen LogP contribution in [0.2, 0.25) is 0 Å². The van der Waals surface area contributed by atoms with Gasteiger partial charge in [-0.25, -0.2) is 4.57 Å². The number of likely N-dealkylation sites (N-methyl/N-ethyl adjacent to an activating group) is 1. The van der Waals surface area contributed by atoms with Crippen LogP contribution in [-0.2, 0) is 18.4 Å². The monoisotopic (exact) mass is 1090 g/mol. The van der Waals surface area contributed by atoms with Crippen LogP contribution < -0.4 is 5.32 Å². The second kappa shape index (κ2) is 57.9. The molecule has 0 aromatic carbocycles. The van der Waals surface area contributed by atoms with Crippen molar-refractivity contribution < 1.29 is 32.9 Å². The third-order valence-electron chi connectivity index (χ3n) is 14.7. The highest BCUT2D eigenvalue weighted by Crippen LogP contribution is 2.43. The summed E-state index contributed by atoms with van der Waals surface area (Å²) in [5.74, 6) is -0.184. The smallest absolute Gasteiger partial charge is 0.387 e. The van der Waals surface area contributed by atoms with Gasteiger partial charge in [-0.3, -0.25) is 13.8 Å². The molecule has 0 radical (unpaired) electrons. The van der Waals surface area contributed by atoms with Gasteiger partial charge in [0.25, 0.3) is 0 Å². The zero-order valence-corrected chi connectivity index (χ0v) is 51.9. The Morgan fingerprint density at radius 3 is 1.14 bits per heavy atom. The van der Waals surface area contributed by atoms with Gasteiger partial charge in [-0.05, 0) is 70.6 Å². The first kappa shape index (κ1) is 74.2. The molecular weight excluding hydrogens is 960 g/mol. The van der Waals surface area contributed by atoms with E-state index in [1.807, 2.05) is 27.2 Å².